The van der Waals surface area contributed by atoms with E-state index in [2.05, 4.69) is 12.2 Å². The Hall–Kier alpha value is -2.43. The Morgan fingerprint density at radius 1 is 1.39 bits per heavy atom. The Morgan fingerprint density at radius 3 is 2.87 bits per heavy atom. The number of anilines is 1. The topological polar surface area (TPSA) is 54.7 Å². The van der Waals surface area contributed by atoms with Crippen molar-refractivity contribution in [3.05, 3.63) is 47.9 Å². The molecule has 5 heteroatoms. The van der Waals surface area contributed by atoms with Gasteiger partial charge in [0, 0.05) is 24.7 Å². The van der Waals surface area contributed by atoms with Gasteiger partial charge in [-0.3, -0.25) is 0 Å². The van der Waals surface area contributed by atoms with Crippen LogP contribution >= 0.6 is 0 Å². The number of hydrogen-bond donors (Lipinski definition) is 1. The van der Waals surface area contributed by atoms with Gasteiger partial charge >= 0.3 is 6.03 Å². The van der Waals surface area contributed by atoms with Gasteiger partial charge in [0.25, 0.3) is 0 Å². The van der Waals surface area contributed by atoms with Gasteiger partial charge in [0.15, 0.2) is 0 Å². The minimum absolute atomic E-state index is 0.184. The van der Waals surface area contributed by atoms with Gasteiger partial charge in [0.05, 0.1) is 13.7 Å². The Balaban J connectivity index is 1.57. The second-order valence-electron chi connectivity index (χ2n) is 6.14. The lowest BCUT2D eigenvalue weighted by atomic mass is 10.3. The van der Waals surface area contributed by atoms with Crippen LogP contribution in [-0.2, 0) is 6.54 Å². The van der Waals surface area contributed by atoms with Gasteiger partial charge in [-0.2, -0.15) is 0 Å². The highest BCUT2D eigenvalue weighted by molar-refractivity contribution is 5.89. The number of ether oxygens (including phenoxy) is 1. The summed E-state index contributed by atoms with van der Waals surface area (Å²) >= 11 is 0. The molecule has 0 saturated heterocycles. The largest absolute Gasteiger partial charge is 0.497 e. The molecule has 5 nitrogen and oxygen atoms in total. The maximum absolute atomic E-state index is 12.3. The van der Waals surface area contributed by atoms with Gasteiger partial charge in [-0.25, -0.2) is 4.79 Å². The number of hydrogen-bond acceptors (Lipinski definition) is 3. The van der Waals surface area contributed by atoms with E-state index in [0.29, 0.717) is 29.8 Å². The smallest absolute Gasteiger partial charge is 0.321 e. The molecule has 0 aliphatic heterocycles. The van der Waals surface area contributed by atoms with E-state index >= 15 is 0 Å². The summed E-state index contributed by atoms with van der Waals surface area (Å²) in [6.45, 7) is 2.66. The second-order valence-corrected chi connectivity index (χ2v) is 6.14. The Kier molecular flexibility index (Phi) is 4.28. The van der Waals surface area contributed by atoms with E-state index < -0.39 is 0 Å². The maximum Gasteiger partial charge on any atom is 0.321 e. The summed E-state index contributed by atoms with van der Waals surface area (Å²) in [6.07, 6.45) is 1.19. The Bertz CT molecular complexity index is 695. The van der Waals surface area contributed by atoms with E-state index in [9.17, 15) is 4.79 Å². The summed E-state index contributed by atoms with van der Waals surface area (Å²) < 4.78 is 11.0. The first-order valence-corrected chi connectivity index (χ1v) is 7.81. The molecule has 3 rings (SSSR count). The van der Waals surface area contributed by atoms with Gasteiger partial charge in [0.2, 0.25) is 0 Å². The predicted octanol–water partition coefficient (Wildman–Crippen LogP) is 4.08. The summed E-state index contributed by atoms with van der Waals surface area (Å²) in [4.78, 5) is 13.8. The van der Waals surface area contributed by atoms with Crippen molar-refractivity contribution in [3.63, 3.8) is 0 Å². The number of methoxy groups -OCH3 is 1. The predicted molar refractivity (Wildman–Crippen MR) is 88.7 cm³/mol. The fraction of sp³-hybridized carbons (Fsp3) is 0.389. The molecule has 0 spiro atoms. The van der Waals surface area contributed by atoms with Gasteiger partial charge in [-0.15, -0.1) is 0 Å². The zero-order valence-corrected chi connectivity index (χ0v) is 13.7. The van der Waals surface area contributed by atoms with Crippen molar-refractivity contribution in [3.8, 4) is 5.75 Å². The normalized spacial score (nSPS) is 19.3. The van der Waals surface area contributed by atoms with E-state index in [0.717, 1.165) is 11.5 Å². The molecule has 2 amide bonds. The average Bonchev–Trinajstić information content (AvgIpc) is 3.09. The third-order valence-corrected chi connectivity index (χ3v) is 4.22. The van der Waals surface area contributed by atoms with Crippen molar-refractivity contribution in [1.29, 1.82) is 0 Å². The van der Waals surface area contributed by atoms with Crippen LogP contribution in [0, 0.1) is 5.92 Å². The van der Waals surface area contributed by atoms with Crippen LogP contribution in [0.15, 0.2) is 40.8 Å². The molecule has 1 aromatic carbocycles. The monoisotopic (exact) mass is 314 g/mol. The quantitative estimate of drug-likeness (QED) is 0.905. The molecule has 122 valence electrons. The molecular formula is C18H22N2O3. The van der Waals surface area contributed by atoms with Crippen LogP contribution in [-0.4, -0.2) is 25.1 Å². The SMILES string of the molecule is COc1cccc(NC(=O)N(C)Cc2ccc([C@@H]3C[C@@H]3C)o2)c1. The lowest BCUT2D eigenvalue weighted by Gasteiger charge is -2.17. The van der Waals surface area contributed by atoms with Crippen molar-refractivity contribution in [2.75, 3.05) is 19.5 Å². The van der Waals surface area contributed by atoms with Gasteiger partial charge in [-0.1, -0.05) is 13.0 Å². The molecule has 1 saturated carbocycles. The molecule has 1 N–H and O–H groups in total. The first-order chi connectivity index (χ1) is 11.1. The molecule has 1 aromatic heterocycles. The molecular weight excluding hydrogens is 292 g/mol. The molecule has 1 heterocycles. The number of amides is 2. The van der Waals surface area contributed by atoms with Crippen LogP contribution in [0.25, 0.3) is 0 Å². The Labute approximate surface area is 136 Å². The molecule has 0 bridgehead atoms. The summed E-state index contributed by atoms with van der Waals surface area (Å²) in [6, 6.07) is 11.1. The summed E-state index contributed by atoms with van der Waals surface area (Å²) in [7, 11) is 3.35. The third-order valence-electron chi connectivity index (χ3n) is 4.22. The number of benzene rings is 1. The van der Waals surface area contributed by atoms with E-state index in [-0.39, 0.29) is 6.03 Å². The fourth-order valence-corrected chi connectivity index (χ4v) is 2.62. The highest BCUT2D eigenvalue weighted by atomic mass is 16.5. The van der Waals surface area contributed by atoms with Crippen LogP contribution < -0.4 is 10.1 Å². The van der Waals surface area contributed by atoms with Gasteiger partial charge < -0.3 is 19.4 Å². The van der Waals surface area contributed by atoms with E-state index in [1.165, 1.54) is 6.42 Å². The molecule has 0 unspecified atom stereocenters. The number of nitrogens with one attached hydrogen (secondary N) is 1. The summed E-state index contributed by atoms with van der Waals surface area (Å²) in [5.41, 5.74) is 0.702. The van der Waals surface area contributed by atoms with E-state index in [1.807, 2.05) is 30.3 Å². The second kappa shape index (κ2) is 6.36. The number of carbonyl (C=O) groups is 1. The lowest BCUT2D eigenvalue weighted by molar-refractivity contribution is 0.216. The lowest BCUT2D eigenvalue weighted by Crippen LogP contribution is -2.30. The number of carbonyl (C=O) groups excluding carboxylic acids is 1. The highest BCUT2D eigenvalue weighted by Gasteiger charge is 2.36. The standard InChI is InChI=1S/C18H22N2O3/c1-12-9-16(12)17-8-7-15(23-17)11-20(2)18(21)19-13-5-4-6-14(10-13)22-3/h4-8,10,12,16H,9,11H2,1-3H3,(H,19,21)/t12-,16+/m0/s1. The summed E-state index contributed by atoms with van der Waals surface area (Å²) in [5.74, 6) is 3.82. The molecule has 1 aliphatic carbocycles. The van der Waals surface area contributed by atoms with Crippen molar-refractivity contribution < 1.29 is 13.9 Å². The zero-order chi connectivity index (χ0) is 16.4. The van der Waals surface area contributed by atoms with Crippen LogP contribution in [0.5, 0.6) is 5.75 Å². The molecule has 0 radical (unpaired) electrons. The highest BCUT2D eigenvalue weighted by Crippen LogP contribution is 2.47. The number of urea groups is 1. The molecule has 2 atom stereocenters. The van der Waals surface area contributed by atoms with Crippen LogP contribution in [0.4, 0.5) is 10.5 Å². The van der Waals surface area contributed by atoms with Gasteiger partial charge in [-0.05, 0) is 36.6 Å². The molecule has 2 aromatic rings. The number of nitrogens with zero attached hydrogens (tertiary/aromatic N) is 1. The molecule has 1 fully saturated rings. The third kappa shape index (κ3) is 3.67. The molecule has 1 aliphatic rings. The maximum atomic E-state index is 12.3. The first-order valence-electron chi connectivity index (χ1n) is 7.81. The minimum Gasteiger partial charge on any atom is -0.497 e. The van der Waals surface area contributed by atoms with Crippen molar-refractivity contribution in [1.82, 2.24) is 4.90 Å². The minimum atomic E-state index is -0.184. The van der Waals surface area contributed by atoms with Crippen LogP contribution in [0.1, 0.15) is 30.8 Å². The zero-order valence-electron chi connectivity index (χ0n) is 13.7. The van der Waals surface area contributed by atoms with Crippen molar-refractivity contribution >= 4 is 11.7 Å². The summed E-state index contributed by atoms with van der Waals surface area (Å²) in [5, 5.41) is 2.85. The average molecular weight is 314 g/mol. The number of rotatable bonds is 5. The van der Waals surface area contributed by atoms with Crippen LogP contribution in [0.2, 0.25) is 0 Å². The van der Waals surface area contributed by atoms with E-state index in [4.69, 9.17) is 9.15 Å². The van der Waals surface area contributed by atoms with Gasteiger partial charge in [0.1, 0.15) is 17.3 Å². The van der Waals surface area contributed by atoms with Crippen molar-refractivity contribution in [2.24, 2.45) is 5.92 Å². The van der Waals surface area contributed by atoms with Crippen molar-refractivity contribution in [2.45, 2.75) is 25.8 Å². The Morgan fingerprint density at radius 2 is 2.17 bits per heavy atom. The van der Waals surface area contributed by atoms with E-state index in [1.54, 1.807) is 25.1 Å². The van der Waals surface area contributed by atoms with Crippen LogP contribution in [0.3, 0.4) is 0 Å². The number of furan rings is 1. The molecule has 23 heavy (non-hydrogen) atoms. The first kappa shape index (κ1) is 15.5. The fourth-order valence-electron chi connectivity index (χ4n) is 2.62.